The minimum Gasteiger partial charge on any atom is -0.444 e. The van der Waals surface area contributed by atoms with Gasteiger partial charge in [-0.1, -0.05) is 17.7 Å². The summed E-state index contributed by atoms with van der Waals surface area (Å²) in [5, 5.41) is 5.25. The van der Waals surface area contributed by atoms with Crippen LogP contribution in [0.15, 0.2) is 12.1 Å². The van der Waals surface area contributed by atoms with Crippen molar-refractivity contribution in [3.8, 4) is 0 Å². The first-order valence-electron chi connectivity index (χ1n) is 6.93. The summed E-state index contributed by atoms with van der Waals surface area (Å²) in [4.78, 5) is 23.4. The maximum atomic E-state index is 11.9. The summed E-state index contributed by atoms with van der Waals surface area (Å²) in [7, 11) is 0. The first kappa shape index (κ1) is 17.0. The number of rotatable bonds is 3. The molecule has 0 atom stereocenters. The third kappa shape index (κ3) is 5.85. The summed E-state index contributed by atoms with van der Waals surface area (Å²) >= 11 is 0. The summed E-state index contributed by atoms with van der Waals surface area (Å²) < 4.78 is 5.07. The van der Waals surface area contributed by atoms with E-state index in [2.05, 4.69) is 10.6 Å². The van der Waals surface area contributed by atoms with E-state index in [0.29, 0.717) is 0 Å². The highest BCUT2D eigenvalue weighted by Crippen LogP contribution is 2.21. The van der Waals surface area contributed by atoms with E-state index in [1.54, 1.807) is 20.8 Å². The molecule has 21 heavy (non-hydrogen) atoms. The number of ether oxygens (including phenoxy) is 1. The third-order valence-corrected chi connectivity index (χ3v) is 2.73. The molecule has 0 bridgehead atoms. The van der Waals surface area contributed by atoms with Crippen molar-refractivity contribution < 1.29 is 14.3 Å². The van der Waals surface area contributed by atoms with Crippen LogP contribution in [-0.4, -0.2) is 24.1 Å². The maximum Gasteiger partial charge on any atom is 0.408 e. The van der Waals surface area contributed by atoms with Gasteiger partial charge in [0, 0.05) is 5.69 Å². The van der Waals surface area contributed by atoms with Crippen LogP contribution in [0.1, 0.15) is 37.5 Å². The second-order valence-electron chi connectivity index (χ2n) is 6.18. The fourth-order valence-electron chi connectivity index (χ4n) is 2.03. The number of carbonyl (C=O) groups excluding carboxylic acids is 2. The van der Waals surface area contributed by atoms with Gasteiger partial charge in [-0.3, -0.25) is 4.79 Å². The Labute approximate surface area is 126 Å². The molecule has 2 amide bonds. The molecule has 0 unspecified atom stereocenters. The fourth-order valence-corrected chi connectivity index (χ4v) is 2.03. The lowest BCUT2D eigenvalue weighted by Crippen LogP contribution is -2.37. The molecule has 5 nitrogen and oxygen atoms in total. The summed E-state index contributed by atoms with van der Waals surface area (Å²) in [6.45, 7) is 11.1. The SMILES string of the molecule is Cc1cc(C)c(NC(=O)CNC(=O)OC(C)(C)C)c(C)c1. The van der Waals surface area contributed by atoms with Gasteiger partial charge in [-0.25, -0.2) is 4.79 Å². The maximum absolute atomic E-state index is 11.9. The van der Waals surface area contributed by atoms with E-state index in [9.17, 15) is 9.59 Å². The average molecular weight is 292 g/mol. The Hall–Kier alpha value is -2.04. The fraction of sp³-hybridized carbons (Fsp3) is 0.500. The van der Waals surface area contributed by atoms with Crippen molar-refractivity contribution in [1.29, 1.82) is 0 Å². The lowest BCUT2D eigenvalue weighted by Gasteiger charge is -2.19. The van der Waals surface area contributed by atoms with Gasteiger partial charge in [0.25, 0.3) is 0 Å². The smallest absolute Gasteiger partial charge is 0.408 e. The highest BCUT2D eigenvalue weighted by Gasteiger charge is 2.17. The average Bonchev–Trinajstić information content (AvgIpc) is 2.29. The van der Waals surface area contributed by atoms with Crippen molar-refractivity contribution in [3.63, 3.8) is 0 Å². The van der Waals surface area contributed by atoms with Crippen LogP contribution >= 0.6 is 0 Å². The van der Waals surface area contributed by atoms with Gasteiger partial charge in [-0.15, -0.1) is 0 Å². The molecule has 0 aromatic heterocycles. The van der Waals surface area contributed by atoms with E-state index in [1.165, 1.54) is 0 Å². The van der Waals surface area contributed by atoms with E-state index in [4.69, 9.17) is 4.74 Å². The van der Waals surface area contributed by atoms with Gasteiger partial charge < -0.3 is 15.4 Å². The monoisotopic (exact) mass is 292 g/mol. The van der Waals surface area contributed by atoms with Gasteiger partial charge in [-0.2, -0.15) is 0 Å². The van der Waals surface area contributed by atoms with Crippen molar-refractivity contribution in [2.24, 2.45) is 0 Å². The Morgan fingerprint density at radius 2 is 1.62 bits per heavy atom. The molecule has 0 spiro atoms. The molecule has 5 heteroatoms. The van der Waals surface area contributed by atoms with Crippen molar-refractivity contribution in [1.82, 2.24) is 5.32 Å². The number of nitrogens with one attached hydrogen (secondary N) is 2. The van der Waals surface area contributed by atoms with Crippen LogP contribution in [0.3, 0.4) is 0 Å². The quantitative estimate of drug-likeness (QED) is 0.899. The van der Waals surface area contributed by atoms with Crippen molar-refractivity contribution in [3.05, 3.63) is 28.8 Å². The van der Waals surface area contributed by atoms with E-state index < -0.39 is 11.7 Å². The lowest BCUT2D eigenvalue weighted by molar-refractivity contribution is -0.115. The molecule has 116 valence electrons. The second kappa shape index (κ2) is 6.61. The van der Waals surface area contributed by atoms with E-state index >= 15 is 0 Å². The topological polar surface area (TPSA) is 67.4 Å². The zero-order chi connectivity index (χ0) is 16.2. The molecule has 0 saturated carbocycles. The van der Waals surface area contributed by atoms with Crippen LogP contribution in [0.2, 0.25) is 0 Å². The number of hydrogen-bond donors (Lipinski definition) is 2. The van der Waals surface area contributed by atoms with Crippen LogP contribution in [0.25, 0.3) is 0 Å². The molecule has 1 aromatic rings. The van der Waals surface area contributed by atoms with Gasteiger partial charge in [-0.05, 0) is 52.7 Å². The number of carbonyl (C=O) groups is 2. The molecule has 0 aliphatic carbocycles. The highest BCUT2D eigenvalue weighted by atomic mass is 16.6. The molecule has 0 radical (unpaired) electrons. The highest BCUT2D eigenvalue weighted by molar-refractivity contribution is 5.95. The Balaban J connectivity index is 2.57. The minimum atomic E-state index is -0.602. The number of aryl methyl sites for hydroxylation is 3. The first-order chi connectivity index (χ1) is 9.58. The molecule has 1 aromatic carbocycles. The summed E-state index contributed by atoms with van der Waals surface area (Å²) in [6, 6.07) is 4.01. The van der Waals surface area contributed by atoms with Gasteiger partial charge in [0.05, 0.1) is 0 Å². The largest absolute Gasteiger partial charge is 0.444 e. The third-order valence-electron chi connectivity index (χ3n) is 2.73. The summed E-state index contributed by atoms with van der Waals surface area (Å²) in [5.74, 6) is -0.282. The molecular weight excluding hydrogens is 268 g/mol. The van der Waals surface area contributed by atoms with Crippen LogP contribution in [0.5, 0.6) is 0 Å². The van der Waals surface area contributed by atoms with Crippen LogP contribution in [0.4, 0.5) is 10.5 Å². The number of amides is 2. The van der Waals surface area contributed by atoms with Gasteiger partial charge in [0.1, 0.15) is 12.1 Å². The van der Waals surface area contributed by atoms with E-state index in [1.807, 2.05) is 32.9 Å². The molecule has 0 saturated heterocycles. The number of alkyl carbamates (subject to hydrolysis) is 1. The van der Waals surface area contributed by atoms with Crippen molar-refractivity contribution in [2.75, 3.05) is 11.9 Å². The number of anilines is 1. The first-order valence-corrected chi connectivity index (χ1v) is 6.93. The molecule has 0 heterocycles. The van der Waals surface area contributed by atoms with Crippen LogP contribution in [0, 0.1) is 20.8 Å². The predicted molar refractivity (Wildman–Crippen MR) is 83.5 cm³/mol. The Kier molecular flexibility index (Phi) is 5.35. The van der Waals surface area contributed by atoms with Gasteiger partial charge in [0.2, 0.25) is 5.91 Å². The number of benzene rings is 1. The van der Waals surface area contributed by atoms with Gasteiger partial charge in [0.15, 0.2) is 0 Å². The van der Waals surface area contributed by atoms with E-state index in [-0.39, 0.29) is 12.5 Å². The standard InChI is InChI=1S/C16H24N2O3/c1-10-7-11(2)14(12(3)8-10)18-13(19)9-17-15(20)21-16(4,5)6/h7-8H,9H2,1-6H3,(H,17,20)(H,18,19). The summed E-state index contributed by atoms with van der Waals surface area (Å²) in [5.41, 5.74) is 3.35. The molecule has 0 aliphatic rings. The van der Waals surface area contributed by atoms with Crippen LogP contribution < -0.4 is 10.6 Å². The molecular formula is C16H24N2O3. The second-order valence-corrected chi connectivity index (χ2v) is 6.18. The lowest BCUT2D eigenvalue weighted by atomic mass is 10.1. The predicted octanol–water partition coefficient (Wildman–Crippen LogP) is 3.08. The molecule has 1 rings (SSSR count). The zero-order valence-corrected chi connectivity index (χ0v) is 13.6. The Morgan fingerprint density at radius 1 is 1.10 bits per heavy atom. The normalized spacial score (nSPS) is 11.0. The van der Waals surface area contributed by atoms with Crippen LogP contribution in [-0.2, 0) is 9.53 Å². The molecule has 2 N–H and O–H groups in total. The molecule has 0 fully saturated rings. The number of hydrogen-bond acceptors (Lipinski definition) is 3. The van der Waals surface area contributed by atoms with Crippen molar-refractivity contribution in [2.45, 2.75) is 47.1 Å². The Morgan fingerprint density at radius 3 is 2.10 bits per heavy atom. The zero-order valence-electron chi connectivity index (χ0n) is 13.6. The molecule has 0 aliphatic heterocycles. The van der Waals surface area contributed by atoms with Gasteiger partial charge >= 0.3 is 6.09 Å². The van der Waals surface area contributed by atoms with Crippen molar-refractivity contribution >= 4 is 17.7 Å². The Bertz CT molecular complexity index is 522. The minimum absolute atomic E-state index is 0.123. The summed E-state index contributed by atoms with van der Waals surface area (Å²) in [6.07, 6.45) is -0.602. The van der Waals surface area contributed by atoms with E-state index in [0.717, 1.165) is 22.4 Å².